The lowest BCUT2D eigenvalue weighted by Gasteiger charge is -2.09. The molecule has 0 fully saturated rings. The molecule has 0 aromatic heterocycles. The van der Waals surface area contributed by atoms with Gasteiger partial charge in [-0.25, -0.2) is 0 Å². The van der Waals surface area contributed by atoms with Gasteiger partial charge in [0.15, 0.2) is 0 Å². The number of aliphatic carboxylic acids is 1. The van der Waals surface area contributed by atoms with E-state index in [0.29, 0.717) is 0 Å². The molecule has 1 rings (SSSR count). The van der Waals surface area contributed by atoms with E-state index in [1.165, 1.54) is 0 Å². The average molecular weight is 193 g/mol. The number of carboxylic acids is 1. The second-order valence-corrected chi connectivity index (χ2v) is 3.55. The van der Waals surface area contributed by atoms with Gasteiger partial charge in [0.2, 0.25) is 0 Å². The van der Waals surface area contributed by atoms with Crippen molar-refractivity contribution in [2.75, 3.05) is 0 Å². The predicted molar refractivity (Wildman–Crippen MR) is 55.1 cm³/mol. The lowest BCUT2D eigenvalue weighted by molar-refractivity contribution is -0.136. The van der Waals surface area contributed by atoms with Crippen molar-refractivity contribution in [2.45, 2.75) is 26.3 Å². The highest BCUT2D eigenvalue weighted by Gasteiger charge is 2.06. The fourth-order valence-corrected chi connectivity index (χ4v) is 1.36. The molecular formula is C11H15NO2. The minimum Gasteiger partial charge on any atom is -0.481 e. The van der Waals surface area contributed by atoms with Gasteiger partial charge in [-0.05, 0) is 30.5 Å². The molecule has 0 unspecified atom stereocenters. The molecule has 14 heavy (non-hydrogen) atoms. The summed E-state index contributed by atoms with van der Waals surface area (Å²) in [5.74, 6) is -0.804. The first kappa shape index (κ1) is 10.7. The monoisotopic (exact) mass is 193 g/mol. The Balaban J connectivity index is 2.95. The second-order valence-electron chi connectivity index (χ2n) is 3.55. The largest absolute Gasteiger partial charge is 0.481 e. The fraction of sp³-hybridized carbons (Fsp3) is 0.364. The molecule has 0 bridgehead atoms. The van der Waals surface area contributed by atoms with Crippen molar-refractivity contribution in [2.24, 2.45) is 5.73 Å². The summed E-state index contributed by atoms with van der Waals surface area (Å²) < 4.78 is 0. The van der Waals surface area contributed by atoms with Crippen LogP contribution in [0.15, 0.2) is 18.2 Å². The van der Waals surface area contributed by atoms with Gasteiger partial charge in [0.1, 0.15) is 0 Å². The third kappa shape index (κ3) is 2.57. The van der Waals surface area contributed by atoms with Gasteiger partial charge in [0.05, 0.1) is 6.42 Å². The van der Waals surface area contributed by atoms with Crippen LogP contribution in [-0.2, 0) is 11.2 Å². The summed E-state index contributed by atoms with van der Waals surface area (Å²) >= 11 is 0. The van der Waals surface area contributed by atoms with Gasteiger partial charge in [-0.3, -0.25) is 4.79 Å². The Kier molecular flexibility index (Phi) is 3.25. The number of benzene rings is 1. The van der Waals surface area contributed by atoms with E-state index in [1.807, 2.05) is 32.0 Å². The minimum absolute atomic E-state index is 0.00687. The summed E-state index contributed by atoms with van der Waals surface area (Å²) in [6, 6.07) is 5.66. The Bertz CT molecular complexity index is 345. The van der Waals surface area contributed by atoms with E-state index < -0.39 is 5.97 Å². The van der Waals surface area contributed by atoms with Crippen molar-refractivity contribution in [3.05, 3.63) is 34.9 Å². The summed E-state index contributed by atoms with van der Waals surface area (Å²) in [5, 5.41) is 8.65. The topological polar surface area (TPSA) is 63.3 Å². The Hall–Kier alpha value is -1.35. The maximum Gasteiger partial charge on any atom is 0.307 e. The highest BCUT2D eigenvalue weighted by Crippen LogP contribution is 2.16. The van der Waals surface area contributed by atoms with Gasteiger partial charge in [0, 0.05) is 6.04 Å². The van der Waals surface area contributed by atoms with Crippen molar-refractivity contribution in [1.82, 2.24) is 0 Å². The molecule has 0 saturated heterocycles. The number of hydrogen-bond acceptors (Lipinski definition) is 2. The fourth-order valence-electron chi connectivity index (χ4n) is 1.36. The van der Waals surface area contributed by atoms with Crippen LogP contribution < -0.4 is 5.73 Å². The molecule has 3 heteroatoms. The van der Waals surface area contributed by atoms with Crippen LogP contribution in [0.5, 0.6) is 0 Å². The molecule has 0 radical (unpaired) electrons. The maximum atomic E-state index is 10.5. The summed E-state index contributed by atoms with van der Waals surface area (Å²) in [7, 11) is 0. The third-order valence-electron chi connectivity index (χ3n) is 2.23. The van der Waals surface area contributed by atoms with Crippen LogP contribution in [0.4, 0.5) is 0 Å². The predicted octanol–water partition coefficient (Wildman–Crippen LogP) is 1.64. The Morgan fingerprint density at radius 3 is 2.64 bits per heavy atom. The zero-order valence-corrected chi connectivity index (χ0v) is 8.45. The van der Waals surface area contributed by atoms with E-state index in [-0.39, 0.29) is 12.5 Å². The first-order chi connectivity index (χ1) is 6.50. The first-order valence-electron chi connectivity index (χ1n) is 4.57. The van der Waals surface area contributed by atoms with E-state index in [1.54, 1.807) is 0 Å². The van der Waals surface area contributed by atoms with Gasteiger partial charge < -0.3 is 10.8 Å². The van der Waals surface area contributed by atoms with Crippen molar-refractivity contribution in [1.29, 1.82) is 0 Å². The van der Waals surface area contributed by atoms with Crippen molar-refractivity contribution in [3.63, 3.8) is 0 Å². The summed E-state index contributed by atoms with van der Waals surface area (Å²) in [4.78, 5) is 10.5. The van der Waals surface area contributed by atoms with E-state index in [4.69, 9.17) is 10.8 Å². The number of aryl methyl sites for hydroxylation is 1. The van der Waals surface area contributed by atoms with E-state index in [0.717, 1.165) is 16.7 Å². The molecule has 0 amide bonds. The molecule has 3 nitrogen and oxygen atoms in total. The number of nitrogens with two attached hydrogens (primary N) is 1. The summed E-state index contributed by atoms with van der Waals surface area (Å²) in [6.07, 6.45) is 0.0745. The van der Waals surface area contributed by atoms with Crippen LogP contribution in [0, 0.1) is 6.92 Å². The molecule has 3 N–H and O–H groups in total. The zero-order chi connectivity index (χ0) is 10.7. The normalized spacial score (nSPS) is 12.5. The summed E-state index contributed by atoms with van der Waals surface area (Å²) in [5.41, 5.74) is 8.59. The molecule has 0 heterocycles. The smallest absolute Gasteiger partial charge is 0.307 e. The van der Waals surface area contributed by atoms with Gasteiger partial charge in [-0.2, -0.15) is 0 Å². The quantitative estimate of drug-likeness (QED) is 0.767. The maximum absolute atomic E-state index is 10.5. The van der Waals surface area contributed by atoms with Gasteiger partial charge in [-0.1, -0.05) is 18.2 Å². The Morgan fingerprint density at radius 2 is 2.21 bits per heavy atom. The van der Waals surface area contributed by atoms with E-state index >= 15 is 0 Å². The second kappa shape index (κ2) is 4.24. The van der Waals surface area contributed by atoms with Gasteiger partial charge >= 0.3 is 5.97 Å². The van der Waals surface area contributed by atoms with Gasteiger partial charge in [-0.15, -0.1) is 0 Å². The first-order valence-corrected chi connectivity index (χ1v) is 4.57. The van der Waals surface area contributed by atoms with E-state index in [2.05, 4.69) is 0 Å². The third-order valence-corrected chi connectivity index (χ3v) is 2.23. The highest BCUT2D eigenvalue weighted by molar-refractivity contribution is 5.70. The number of carbonyl (C=O) groups is 1. The Morgan fingerprint density at radius 1 is 1.57 bits per heavy atom. The molecule has 1 atom stereocenters. The number of rotatable bonds is 3. The lowest BCUT2D eigenvalue weighted by atomic mass is 10.00. The number of carboxylic acid groups (broad SMARTS) is 1. The van der Waals surface area contributed by atoms with Crippen molar-refractivity contribution < 1.29 is 9.90 Å². The molecule has 0 aliphatic heterocycles. The minimum atomic E-state index is -0.804. The van der Waals surface area contributed by atoms with Crippen LogP contribution in [0.1, 0.15) is 29.7 Å². The zero-order valence-electron chi connectivity index (χ0n) is 8.45. The standard InChI is InChI=1S/C11H15NO2/c1-7-5-10(8(2)12)4-3-9(7)6-11(13)14/h3-5,8H,6,12H2,1-2H3,(H,13,14)/t8-/m0/s1. The molecule has 1 aromatic carbocycles. The van der Waals surface area contributed by atoms with Crippen LogP contribution in [0.2, 0.25) is 0 Å². The van der Waals surface area contributed by atoms with E-state index in [9.17, 15) is 4.79 Å². The van der Waals surface area contributed by atoms with Crippen LogP contribution in [0.3, 0.4) is 0 Å². The molecule has 0 aliphatic carbocycles. The SMILES string of the molecule is Cc1cc([C@H](C)N)ccc1CC(=O)O. The van der Waals surface area contributed by atoms with Gasteiger partial charge in [0.25, 0.3) is 0 Å². The molecule has 1 aromatic rings. The highest BCUT2D eigenvalue weighted by atomic mass is 16.4. The molecule has 0 aliphatic rings. The van der Waals surface area contributed by atoms with Crippen LogP contribution >= 0.6 is 0 Å². The Labute approximate surface area is 83.6 Å². The average Bonchev–Trinajstić information content (AvgIpc) is 2.07. The van der Waals surface area contributed by atoms with Crippen LogP contribution in [-0.4, -0.2) is 11.1 Å². The van der Waals surface area contributed by atoms with Crippen molar-refractivity contribution in [3.8, 4) is 0 Å². The molecular weight excluding hydrogens is 178 g/mol. The number of hydrogen-bond donors (Lipinski definition) is 2. The molecule has 0 saturated carbocycles. The van der Waals surface area contributed by atoms with Crippen LogP contribution in [0.25, 0.3) is 0 Å². The molecule has 76 valence electrons. The lowest BCUT2D eigenvalue weighted by Crippen LogP contribution is -2.07. The van der Waals surface area contributed by atoms with Crippen molar-refractivity contribution >= 4 is 5.97 Å². The molecule has 0 spiro atoms. The summed E-state index contributed by atoms with van der Waals surface area (Å²) in [6.45, 7) is 3.82.